The molecule has 18 heavy (non-hydrogen) atoms. The van der Waals surface area contributed by atoms with E-state index in [0.717, 1.165) is 51.4 Å². The third-order valence-corrected chi connectivity index (χ3v) is 4.75. The zero-order valence-electron chi connectivity index (χ0n) is 10.7. The van der Waals surface area contributed by atoms with Crippen LogP contribution in [0.4, 0.5) is 0 Å². The summed E-state index contributed by atoms with van der Waals surface area (Å²) in [5.41, 5.74) is 0. The van der Waals surface area contributed by atoms with Crippen molar-refractivity contribution in [3.8, 4) is 0 Å². The van der Waals surface area contributed by atoms with Gasteiger partial charge in [0.15, 0.2) is 0 Å². The average Bonchev–Trinajstić information content (AvgIpc) is 2.78. The van der Waals surface area contributed by atoms with Crippen LogP contribution in [0.15, 0.2) is 0 Å². The average molecular weight is 254 g/mol. The van der Waals surface area contributed by atoms with E-state index in [4.69, 9.17) is 10.2 Å². The third kappa shape index (κ3) is 3.24. The van der Waals surface area contributed by atoms with Crippen LogP contribution < -0.4 is 0 Å². The molecule has 4 heteroatoms. The Kier molecular flexibility index (Phi) is 4.25. The molecule has 0 aliphatic heterocycles. The smallest absolute Gasteiger partial charge is 0.306 e. The molecule has 4 nitrogen and oxygen atoms in total. The molecule has 0 radical (unpaired) electrons. The molecule has 2 fully saturated rings. The number of rotatable bonds is 4. The molecular weight excluding hydrogens is 232 g/mol. The van der Waals surface area contributed by atoms with E-state index in [1.807, 2.05) is 0 Å². The molecule has 2 aliphatic rings. The van der Waals surface area contributed by atoms with Gasteiger partial charge in [0.05, 0.1) is 11.8 Å². The summed E-state index contributed by atoms with van der Waals surface area (Å²) >= 11 is 0. The van der Waals surface area contributed by atoms with Crippen molar-refractivity contribution < 1.29 is 19.8 Å². The van der Waals surface area contributed by atoms with Crippen LogP contribution in [0.5, 0.6) is 0 Å². The molecule has 2 N–H and O–H groups in total. The van der Waals surface area contributed by atoms with Crippen LogP contribution in [0.1, 0.15) is 51.4 Å². The maximum Gasteiger partial charge on any atom is 0.306 e. The van der Waals surface area contributed by atoms with Gasteiger partial charge in [-0.15, -0.1) is 0 Å². The van der Waals surface area contributed by atoms with Crippen molar-refractivity contribution in [2.75, 3.05) is 0 Å². The SMILES string of the molecule is O=C(O)C1CCC(CC2CCC(C(=O)O)C2)CC1. The van der Waals surface area contributed by atoms with E-state index in [2.05, 4.69) is 0 Å². The summed E-state index contributed by atoms with van der Waals surface area (Å²) in [7, 11) is 0. The molecule has 102 valence electrons. The number of carboxylic acids is 2. The minimum atomic E-state index is -0.653. The van der Waals surface area contributed by atoms with Crippen LogP contribution in [0, 0.1) is 23.7 Å². The minimum absolute atomic E-state index is 0.134. The van der Waals surface area contributed by atoms with Gasteiger partial charge in [0.1, 0.15) is 0 Å². The second-order valence-corrected chi connectivity index (χ2v) is 6.01. The fourth-order valence-corrected chi connectivity index (χ4v) is 3.63. The molecule has 0 saturated heterocycles. The van der Waals surface area contributed by atoms with Gasteiger partial charge >= 0.3 is 11.9 Å². The molecule has 2 unspecified atom stereocenters. The van der Waals surface area contributed by atoms with Crippen LogP contribution in [0.25, 0.3) is 0 Å². The Morgan fingerprint density at radius 1 is 0.778 bits per heavy atom. The first kappa shape index (κ1) is 13.4. The molecule has 0 aromatic carbocycles. The van der Waals surface area contributed by atoms with Crippen LogP contribution >= 0.6 is 0 Å². The van der Waals surface area contributed by atoms with E-state index < -0.39 is 11.9 Å². The minimum Gasteiger partial charge on any atom is -0.481 e. The van der Waals surface area contributed by atoms with Gasteiger partial charge in [-0.1, -0.05) is 0 Å². The third-order valence-electron chi connectivity index (χ3n) is 4.75. The van der Waals surface area contributed by atoms with E-state index in [0.29, 0.717) is 11.8 Å². The highest BCUT2D eigenvalue weighted by Gasteiger charge is 2.33. The summed E-state index contributed by atoms with van der Waals surface area (Å²) in [5.74, 6) is -0.398. The van der Waals surface area contributed by atoms with E-state index in [-0.39, 0.29) is 11.8 Å². The highest BCUT2D eigenvalue weighted by molar-refractivity contribution is 5.70. The first-order valence-electron chi connectivity index (χ1n) is 7.02. The fourth-order valence-electron chi connectivity index (χ4n) is 3.63. The van der Waals surface area contributed by atoms with E-state index in [1.165, 1.54) is 0 Å². The Morgan fingerprint density at radius 3 is 1.78 bits per heavy atom. The number of hydrogen-bond acceptors (Lipinski definition) is 2. The second kappa shape index (κ2) is 5.72. The predicted molar refractivity (Wildman–Crippen MR) is 66.2 cm³/mol. The van der Waals surface area contributed by atoms with Gasteiger partial charge in [0, 0.05) is 0 Å². The Morgan fingerprint density at radius 2 is 1.28 bits per heavy atom. The van der Waals surface area contributed by atoms with Crippen LogP contribution in [-0.2, 0) is 9.59 Å². The van der Waals surface area contributed by atoms with Crippen LogP contribution in [0.3, 0.4) is 0 Å². The second-order valence-electron chi connectivity index (χ2n) is 6.01. The number of hydrogen-bond donors (Lipinski definition) is 2. The van der Waals surface area contributed by atoms with Gasteiger partial charge in [-0.3, -0.25) is 9.59 Å². The van der Waals surface area contributed by atoms with E-state index >= 15 is 0 Å². The quantitative estimate of drug-likeness (QED) is 0.809. The molecule has 2 aliphatic carbocycles. The van der Waals surface area contributed by atoms with Gasteiger partial charge in [-0.05, 0) is 63.2 Å². The lowest BCUT2D eigenvalue weighted by Crippen LogP contribution is -2.22. The zero-order chi connectivity index (χ0) is 13.1. The topological polar surface area (TPSA) is 74.6 Å². The summed E-state index contributed by atoms with van der Waals surface area (Å²) in [6.07, 6.45) is 7.41. The van der Waals surface area contributed by atoms with Crippen molar-refractivity contribution in [1.29, 1.82) is 0 Å². The lowest BCUT2D eigenvalue weighted by atomic mass is 9.77. The van der Waals surface area contributed by atoms with Gasteiger partial charge in [-0.25, -0.2) is 0 Å². The standard InChI is InChI=1S/C14H22O4/c15-13(16)11-4-1-9(2-5-11)7-10-3-6-12(8-10)14(17)18/h9-12H,1-8H2,(H,15,16)(H,17,18). The van der Waals surface area contributed by atoms with Crippen LogP contribution in [-0.4, -0.2) is 22.2 Å². The van der Waals surface area contributed by atoms with Gasteiger partial charge in [0.25, 0.3) is 0 Å². The lowest BCUT2D eigenvalue weighted by Gasteiger charge is -2.28. The van der Waals surface area contributed by atoms with Crippen molar-refractivity contribution in [1.82, 2.24) is 0 Å². The number of carbonyl (C=O) groups is 2. The Bertz CT molecular complexity index is 318. The molecule has 0 spiro atoms. The summed E-state index contributed by atoms with van der Waals surface area (Å²) in [5, 5.41) is 17.9. The van der Waals surface area contributed by atoms with Crippen molar-refractivity contribution in [2.24, 2.45) is 23.7 Å². The Hall–Kier alpha value is -1.06. The molecule has 2 saturated carbocycles. The highest BCUT2D eigenvalue weighted by atomic mass is 16.4. The van der Waals surface area contributed by atoms with Crippen molar-refractivity contribution >= 4 is 11.9 Å². The van der Waals surface area contributed by atoms with Crippen molar-refractivity contribution in [3.05, 3.63) is 0 Å². The normalized spacial score (nSPS) is 36.4. The molecular formula is C14H22O4. The summed E-state index contributed by atoms with van der Waals surface area (Å²) in [6.45, 7) is 0. The lowest BCUT2D eigenvalue weighted by molar-refractivity contribution is -0.143. The Balaban J connectivity index is 1.72. The van der Waals surface area contributed by atoms with E-state index in [9.17, 15) is 9.59 Å². The fraction of sp³-hybridized carbons (Fsp3) is 0.857. The zero-order valence-corrected chi connectivity index (χ0v) is 10.7. The van der Waals surface area contributed by atoms with Crippen LogP contribution in [0.2, 0.25) is 0 Å². The number of carboxylic acid groups (broad SMARTS) is 2. The van der Waals surface area contributed by atoms with Gasteiger partial charge in [-0.2, -0.15) is 0 Å². The molecule has 0 amide bonds. The van der Waals surface area contributed by atoms with Crippen molar-refractivity contribution in [3.63, 3.8) is 0 Å². The monoisotopic (exact) mass is 254 g/mol. The molecule has 2 atom stereocenters. The largest absolute Gasteiger partial charge is 0.481 e. The summed E-state index contributed by atoms with van der Waals surface area (Å²) < 4.78 is 0. The van der Waals surface area contributed by atoms with Crippen molar-refractivity contribution in [2.45, 2.75) is 51.4 Å². The highest BCUT2D eigenvalue weighted by Crippen LogP contribution is 2.39. The maximum atomic E-state index is 10.9. The molecule has 0 bridgehead atoms. The number of aliphatic carboxylic acids is 2. The summed E-state index contributed by atoms with van der Waals surface area (Å²) in [6, 6.07) is 0. The molecule has 0 aromatic heterocycles. The molecule has 0 heterocycles. The maximum absolute atomic E-state index is 10.9. The van der Waals surface area contributed by atoms with Gasteiger partial charge in [0.2, 0.25) is 0 Å². The van der Waals surface area contributed by atoms with E-state index in [1.54, 1.807) is 0 Å². The predicted octanol–water partition coefficient (Wildman–Crippen LogP) is 2.77. The molecule has 0 aromatic rings. The first-order valence-corrected chi connectivity index (χ1v) is 7.02. The first-order chi connectivity index (χ1) is 8.56. The summed E-state index contributed by atoms with van der Waals surface area (Å²) in [4.78, 5) is 21.8. The van der Waals surface area contributed by atoms with Gasteiger partial charge < -0.3 is 10.2 Å². The molecule has 2 rings (SSSR count). The Labute approximate surface area is 107 Å².